The quantitative estimate of drug-likeness (QED) is 0.395. The zero-order valence-corrected chi connectivity index (χ0v) is 9.33. The molecule has 0 aromatic rings. The first-order chi connectivity index (χ1) is 7.47. The lowest BCUT2D eigenvalue weighted by atomic mass is 10.2. The molecule has 0 saturated carbocycles. The van der Waals surface area contributed by atoms with Crippen molar-refractivity contribution in [3.05, 3.63) is 0 Å². The highest BCUT2D eigenvalue weighted by atomic mass is 32.2. The van der Waals surface area contributed by atoms with Crippen LogP contribution in [0.3, 0.4) is 0 Å². The minimum Gasteiger partial charge on any atom is -0.481 e. The van der Waals surface area contributed by atoms with Gasteiger partial charge in [0.2, 0.25) is 5.91 Å². The van der Waals surface area contributed by atoms with Gasteiger partial charge in [-0.2, -0.15) is 11.8 Å². The number of aliphatic carboxylic acids is 2. The normalized spacial score (nSPS) is 11.8. The SMILES string of the molecule is NCCSCC(=O)NC(CC(=O)O)C(=O)O. The van der Waals surface area contributed by atoms with E-state index in [1.165, 1.54) is 11.8 Å². The van der Waals surface area contributed by atoms with Crippen molar-refractivity contribution >= 4 is 29.6 Å². The van der Waals surface area contributed by atoms with Gasteiger partial charge >= 0.3 is 11.9 Å². The Morgan fingerprint density at radius 2 is 1.94 bits per heavy atom. The van der Waals surface area contributed by atoms with E-state index in [0.29, 0.717) is 12.3 Å². The van der Waals surface area contributed by atoms with Crippen molar-refractivity contribution in [1.82, 2.24) is 5.32 Å². The predicted molar refractivity (Wildman–Crippen MR) is 58.2 cm³/mol. The van der Waals surface area contributed by atoms with Crippen molar-refractivity contribution in [1.29, 1.82) is 0 Å². The van der Waals surface area contributed by atoms with Gasteiger partial charge in [-0.25, -0.2) is 4.79 Å². The molecule has 8 heteroatoms. The van der Waals surface area contributed by atoms with Crippen molar-refractivity contribution in [3.63, 3.8) is 0 Å². The summed E-state index contributed by atoms with van der Waals surface area (Å²) in [5, 5.41) is 19.2. The molecular weight excluding hydrogens is 236 g/mol. The lowest BCUT2D eigenvalue weighted by Gasteiger charge is -2.11. The summed E-state index contributed by atoms with van der Waals surface area (Å²) in [7, 11) is 0. The molecule has 7 nitrogen and oxygen atoms in total. The standard InChI is InChI=1S/C8H14N2O5S/c9-1-2-16-4-6(11)10-5(8(14)15)3-7(12)13/h5H,1-4,9H2,(H,10,11)(H,12,13)(H,14,15). The van der Waals surface area contributed by atoms with E-state index >= 15 is 0 Å². The molecule has 5 N–H and O–H groups in total. The average molecular weight is 250 g/mol. The first kappa shape index (κ1) is 14.7. The summed E-state index contributed by atoms with van der Waals surface area (Å²) in [6, 6.07) is -1.39. The number of nitrogens with one attached hydrogen (secondary N) is 1. The molecule has 1 unspecified atom stereocenters. The van der Waals surface area contributed by atoms with Crippen LogP contribution in [0, 0.1) is 0 Å². The Kier molecular flexibility index (Phi) is 7.31. The van der Waals surface area contributed by atoms with Gasteiger partial charge in [0.05, 0.1) is 12.2 Å². The van der Waals surface area contributed by atoms with Crippen molar-refractivity contribution in [2.75, 3.05) is 18.1 Å². The first-order valence-corrected chi connectivity index (χ1v) is 5.64. The molecule has 0 rings (SSSR count). The largest absolute Gasteiger partial charge is 0.481 e. The maximum absolute atomic E-state index is 11.2. The second-order valence-corrected chi connectivity index (χ2v) is 4.00. The van der Waals surface area contributed by atoms with Crippen molar-refractivity contribution < 1.29 is 24.6 Å². The summed E-state index contributed by atoms with van der Waals surface area (Å²) < 4.78 is 0. The molecule has 0 radical (unpaired) electrons. The first-order valence-electron chi connectivity index (χ1n) is 4.49. The molecule has 0 aliphatic carbocycles. The smallest absolute Gasteiger partial charge is 0.326 e. The number of rotatable bonds is 8. The van der Waals surface area contributed by atoms with E-state index in [0.717, 1.165) is 0 Å². The van der Waals surface area contributed by atoms with E-state index in [4.69, 9.17) is 15.9 Å². The number of carbonyl (C=O) groups excluding carboxylic acids is 1. The molecule has 0 aromatic heterocycles. The van der Waals surface area contributed by atoms with Crippen LogP contribution in [-0.2, 0) is 14.4 Å². The number of amides is 1. The minimum absolute atomic E-state index is 0.0700. The minimum atomic E-state index is -1.39. The summed E-state index contributed by atoms with van der Waals surface area (Å²) in [6.07, 6.45) is -0.636. The van der Waals surface area contributed by atoms with E-state index in [-0.39, 0.29) is 5.75 Å². The highest BCUT2D eigenvalue weighted by Crippen LogP contribution is 1.99. The maximum Gasteiger partial charge on any atom is 0.326 e. The number of nitrogens with two attached hydrogens (primary N) is 1. The Morgan fingerprint density at radius 3 is 2.38 bits per heavy atom. The molecule has 0 bridgehead atoms. The second-order valence-electron chi connectivity index (χ2n) is 2.90. The van der Waals surface area contributed by atoms with Gasteiger partial charge < -0.3 is 21.3 Å². The van der Waals surface area contributed by atoms with Crippen molar-refractivity contribution in [2.45, 2.75) is 12.5 Å². The second kappa shape index (κ2) is 7.94. The van der Waals surface area contributed by atoms with Crippen LogP contribution >= 0.6 is 11.8 Å². The van der Waals surface area contributed by atoms with E-state index in [1.807, 2.05) is 0 Å². The van der Waals surface area contributed by atoms with Crippen LogP contribution < -0.4 is 11.1 Å². The van der Waals surface area contributed by atoms with Gasteiger partial charge in [-0.15, -0.1) is 0 Å². The van der Waals surface area contributed by atoms with Crippen LogP contribution in [0.4, 0.5) is 0 Å². The molecular formula is C8H14N2O5S. The highest BCUT2D eigenvalue weighted by Gasteiger charge is 2.22. The molecule has 16 heavy (non-hydrogen) atoms. The van der Waals surface area contributed by atoms with Gasteiger partial charge in [0.15, 0.2) is 0 Å². The molecule has 0 aliphatic rings. The molecule has 0 spiro atoms. The molecule has 0 heterocycles. The fourth-order valence-corrected chi connectivity index (χ4v) is 1.44. The zero-order chi connectivity index (χ0) is 12.6. The number of carboxylic acids is 2. The molecule has 0 aliphatic heterocycles. The molecule has 0 aromatic carbocycles. The molecule has 92 valence electrons. The fraction of sp³-hybridized carbons (Fsp3) is 0.625. The summed E-state index contributed by atoms with van der Waals surface area (Å²) in [4.78, 5) is 32.1. The maximum atomic E-state index is 11.2. The van der Waals surface area contributed by atoms with Gasteiger partial charge in [-0.05, 0) is 0 Å². The van der Waals surface area contributed by atoms with Crippen LogP contribution in [-0.4, -0.2) is 52.2 Å². The molecule has 1 atom stereocenters. The Bertz CT molecular complexity index is 271. The fourth-order valence-electron chi connectivity index (χ4n) is 0.859. The summed E-state index contributed by atoms with van der Waals surface area (Å²) in [5.41, 5.74) is 5.21. The highest BCUT2D eigenvalue weighted by molar-refractivity contribution is 7.99. The Labute approximate surface area is 96.4 Å². The average Bonchev–Trinajstić information content (AvgIpc) is 2.16. The van der Waals surface area contributed by atoms with Gasteiger partial charge in [-0.3, -0.25) is 9.59 Å². The lowest BCUT2D eigenvalue weighted by Crippen LogP contribution is -2.43. The third-order valence-electron chi connectivity index (χ3n) is 1.51. The van der Waals surface area contributed by atoms with Gasteiger partial charge in [0.25, 0.3) is 0 Å². The van der Waals surface area contributed by atoms with E-state index in [9.17, 15) is 14.4 Å². The number of hydrogen-bond acceptors (Lipinski definition) is 5. The summed E-state index contributed by atoms with van der Waals surface area (Å²) >= 11 is 1.26. The predicted octanol–water partition coefficient (Wildman–Crippen LogP) is -1.28. The van der Waals surface area contributed by atoms with Gasteiger partial charge in [0, 0.05) is 12.3 Å². The number of carboxylic acid groups (broad SMARTS) is 2. The van der Waals surface area contributed by atoms with Crippen LogP contribution in [0.15, 0.2) is 0 Å². The zero-order valence-electron chi connectivity index (χ0n) is 8.51. The third kappa shape index (κ3) is 7.07. The molecule has 0 saturated heterocycles. The van der Waals surface area contributed by atoms with Crippen LogP contribution in [0.2, 0.25) is 0 Å². The summed E-state index contributed by atoms with van der Waals surface area (Å²) in [5.74, 6) is -2.49. The van der Waals surface area contributed by atoms with Gasteiger partial charge in [-0.1, -0.05) is 0 Å². The third-order valence-corrected chi connectivity index (χ3v) is 2.50. The monoisotopic (exact) mass is 250 g/mol. The summed E-state index contributed by atoms with van der Waals surface area (Å²) in [6.45, 7) is 0.426. The molecule has 0 fully saturated rings. The lowest BCUT2D eigenvalue weighted by molar-refractivity contribution is -0.147. The Balaban J connectivity index is 4.03. The number of hydrogen-bond donors (Lipinski definition) is 4. The molecule has 1 amide bonds. The van der Waals surface area contributed by atoms with Crippen LogP contribution in [0.1, 0.15) is 6.42 Å². The van der Waals surface area contributed by atoms with Crippen molar-refractivity contribution in [2.24, 2.45) is 5.73 Å². The number of carbonyl (C=O) groups is 3. The number of thioether (sulfide) groups is 1. The van der Waals surface area contributed by atoms with E-state index < -0.39 is 30.3 Å². The van der Waals surface area contributed by atoms with Crippen LogP contribution in [0.5, 0.6) is 0 Å². The van der Waals surface area contributed by atoms with Crippen LogP contribution in [0.25, 0.3) is 0 Å². The van der Waals surface area contributed by atoms with Crippen molar-refractivity contribution in [3.8, 4) is 0 Å². The van der Waals surface area contributed by atoms with E-state index in [2.05, 4.69) is 5.32 Å². The topological polar surface area (TPSA) is 130 Å². The van der Waals surface area contributed by atoms with E-state index in [1.54, 1.807) is 0 Å². The Hall–Kier alpha value is -1.28. The van der Waals surface area contributed by atoms with Gasteiger partial charge in [0.1, 0.15) is 6.04 Å². The Morgan fingerprint density at radius 1 is 1.31 bits per heavy atom.